The molecule has 0 bridgehead atoms. The minimum atomic E-state index is -0.491. The number of para-hydroxylation sites is 1. The average Bonchev–Trinajstić information content (AvgIpc) is 2.74. The zero-order valence-corrected chi connectivity index (χ0v) is 17.0. The van der Waals surface area contributed by atoms with Crippen molar-refractivity contribution in [2.75, 3.05) is 32.1 Å². The van der Waals surface area contributed by atoms with Gasteiger partial charge >= 0.3 is 5.97 Å². The summed E-state index contributed by atoms with van der Waals surface area (Å²) in [5, 5.41) is 3.41. The van der Waals surface area contributed by atoms with Crippen molar-refractivity contribution in [3.05, 3.63) is 64.7 Å². The normalized spacial score (nSPS) is 18.7. The Bertz CT molecular complexity index is 890. The topological polar surface area (TPSA) is 76.9 Å². The number of carbonyl (C=O) groups excluding carboxylic acids is 3. The van der Waals surface area contributed by atoms with Gasteiger partial charge in [0.1, 0.15) is 0 Å². The van der Waals surface area contributed by atoms with Crippen molar-refractivity contribution in [1.82, 2.24) is 0 Å². The van der Waals surface area contributed by atoms with E-state index in [4.69, 9.17) is 16.3 Å². The highest BCUT2D eigenvalue weighted by atomic mass is 35.5. The van der Waals surface area contributed by atoms with Crippen LogP contribution in [0.1, 0.15) is 33.6 Å². The minimum absolute atomic E-state index is 0.0250. The third kappa shape index (κ3) is 5.43. The Morgan fingerprint density at radius 2 is 1.72 bits per heavy atom. The molecular weight excluding hydrogens is 392 g/mol. The second-order valence-corrected chi connectivity index (χ2v) is 7.59. The van der Waals surface area contributed by atoms with Crippen molar-refractivity contribution in [1.29, 1.82) is 0 Å². The number of methoxy groups -OCH3 is 1. The van der Waals surface area contributed by atoms with E-state index in [0.717, 1.165) is 30.8 Å². The molecule has 2 aromatic carbocycles. The molecule has 0 aromatic heterocycles. The number of hydrogen-bond acceptors (Lipinski definition) is 4. The second-order valence-electron chi connectivity index (χ2n) is 7.16. The van der Waals surface area contributed by atoms with E-state index in [2.05, 4.69) is 5.32 Å². The van der Waals surface area contributed by atoms with Gasteiger partial charge in [-0.25, -0.2) is 4.79 Å². The zero-order chi connectivity index (χ0) is 20.8. The number of esters is 1. The lowest BCUT2D eigenvalue weighted by Crippen LogP contribution is -3.14. The van der Waals surface area contributed by atoms with Crippen LogP contribution in [-0.4, -0.2) is 44.4 Å². The van der Waals surface area contributed by atoms with E-state index in [1.54, 1.807) is 48.5 Å². The summed E-state index contributed by atoms with van der Waals surface area (Å²) in [5.41, 5.74) is 1.45. The van der Waals surface area contributed by atoms with Gasteiger partial charge in [0.15, 0.2) is 12.3 Å². The van der Waals surface area contributed by atoms with Gasteiger partial charge in [-0.1, -0.05) is 23.7 Å². The molecule has 2 N–H and O–H groups in total. The highest BCUT2D eigenvalue weighted by molar-refractivity contribution is 6.30. The molecule has 7 heteroatoms. The van der Waals surface area contributed by atoms with Crippen LogP contribution in [-0.2, 0) is 9.53 Å². The number of likely N-dealkylation sites (tertiary alicyclic amines) is 1. The first-order valence-corrected chi connectivity index (χ1v) is 9.96. The molecule has 0 atom stereocenters. The molecule has 0 aliphatic carbocycles. The Labute approximate surface area is 174 Å². The number of nitrogens with one attached hydrogen (secondary N) is 2. The van der Waals surface area contributed by atoms with Crippen molar-refractivity contribution in [3.8, 4) is 0 Å². The first-order valence-electron chi connectivity index (χ1n) is 9.58. The Kier molecular flexibility index (Phi) is 7.01. The maximum absolute atomic E-state index is 12.6. The van der Waals surface area contributed by atoms with Gasteiger partial charge in [-0.05, 0) is 36.4 Å². The molecule has 1 amide bonds. The van der Waals surface area contributed by atoms with Gasteiger partial charge in [0, 0.05) is 29.3 Å². The van der Waals surface area contributed by atoms with Crippen molar-refractivity contribution >= 4 is 34.9 Å². The summed E-state index contributed by atoms with van der Waals surface area (Å²) in [6.07, 6.45) is 1.48. The number of amides is 1. The summed E-state index contributed by atoms with van der Waals surface area (Å²) in [5.74, 6) is -0.547. The molecule has 1 saturated heterocycles. The van der Waals surface area contributed by atoms with Crippen molar-refractivity contribution < 1.29 is 24.0 Å². The third-order valence-electron chi connectivity index (χ3n) is 5.21. The number of hydrogen-bond donors (Lipinski definition) is 2. The van der Waals surface area contributed by atoms with Crippen molar-refractivity contribution in [3.63, 3.8) is 0 Å². The van der Waals surface area contributed by atoms with Crippen LogP contribution in [0.2, 0.25) is 5.02 Å². The fourth-order valence-electron chi connectivity index (χ4n) is 3.62. The molecule has 3 rings (SSSR count). The highest BCUT2D eigenvalue weighted by Gasteiger charge is 2.29. The van der Waals surface area contributed by atoms with E-state index >= 15 is 0 Å². The summed E-state index contributed by atoms with van der Waals surface area (Å²) >= 11 is 5.88. The van der Waals surface area contributed by atoms with Gasteiger partial charge in [0.2, 0.25) is 0 Å². The number of ether oxygens (including phenoxy) is 1. The fraction of sp³-hybridized carbons (Fsp3) is 0.318. The Hall–Kier alpha value is -2.70. The first-order chi connectivity index (χ1) is 14.0. The minimum Gasteiger partial charge on any atom is -0.465 e. The lowest BCUT2D eigenvalue weighted by molar-refractivity contribution is -0.897. The van der Waals surface area contributed by atoms with Gasteiger partial charge < -0.3 is 15.0 Å². The highest BCUT2D eigenvalue weighted by Crippen LogP contribution is 2.19. The summed E-state index contributed by atoms with van der Waals surface area (Å²) < 4.78 is 4.75. The number of Topliss-reactive ketones (excluding diaryl/α,β-unsaturated/α-hetero) is 1. The molecule has 0 saturated carbocycles. The van der Waals surface area contributed by atoms with E-state index in [0.29, 0.717) is 21.8 Å². The Morgan fingerprint density at radius 3 is 2.38 bits per heavy atom. The van der Waals surface area contributed by atoms with Crippen LogP contribution in [0.5, 0.6) is 0 Å². The molecule has 29 heavy (non-hydrogen) atoms. The van der Waals surface area contributed by atoms with Crippen LogP contribution >= 0.6 is 11.6 Å². The van der Waals surface area contributed by atoms with E-state index < -0.39 is 5.97 Å². The molecular formula is C22H24ClN2O4+. The van der Waals surface area contributed by atoms with Crippen LogP contribution < -0.4 is 10.2 Å². The average molecular weight is 416 g/mol. The van der Waals surface area contributed by atoms with E-state index in [-0.39, 0.29) is 24.2 Å². The predicted molar refractivity (Wildman–Crippen MR) is 110 cm³/mol. The summed E-state index contributed by atoms with van der Waals surface area (Å²) in [7, 11) is 1.31. The van der Waals surface area contributed by atoms with Crippen LogP contribution in [0.4, 0.5) is 5.69 Å². The molecule has 0 spiro atoms. The van der Waals surface area contributed by atoms with E-state index in [1.807, 2.05) is 0 Å². The Balaban J connectivity index is 1.52. The van der Waals surface area contributed by atoms with Crippen LogP contribution in [0.15, 0.2) is 48.5 Å². The number of carbonyl (C=O) groups is 3. The first kappa shape index (κ1) is 21.0. The lowest BCUT2D eigenvalue weighted by atomic mass is 9.89. The van der Waals surface area contributed by atoms with Gasteiger partial charge in [-0.2, -0.15) is 0 Å². The smallest absolute Gasteiger partial charge is 0.339 e. The molecule has 1 aliphatic rings. The molecule has 1 fully saturated rings. The van der Waals surface area contributed by atoms with Crippen LogP contribution in [0.25, 0.3) is 0 Å². The summed E-state index contributed by atoms with van der Waals surface area (Å²) in [6, 6.07) is 13.7. The summed E-state index contributed by atoms with van der Waals surface area (Å²) in [4.78, 5) is 38.0. The maximum Gasteiger partial charge on any atom is 0.339 e. The van der Waals surface area contributed by atoms with Crippen LogP contribution in [0, 0.1) is 5.92 Å². The van der Waals surface area contributed by atoms with Crippen molar-refractivity contribution in [2.24, 2.45) is 5.92 Å². The number of anilines is 1. The maximum atomic E-state index is 12.6. The molecule has 0 radical (unpaired) electrons. The standard InChI is InChI=1S/C22H23ClN2O4/c1-29-22(28)18-4-2-3-5-19(18)24-20(26)14-25-12-10-16(11-13-25)21(27)15-6-8-17(23)9-7-15/h2-9,16H,10-14H2,1H3,(H,24,26)/p+1. The third-order valence-corrected chi connectivity index (χ3v) is 5.46. The number of rotatable bonds is 6. The summed E-state index contributed by atoms with van der Waals surface area (Å²) in [6.45, 7) is 1.78. The largest absolute Gasteiger partial charge is 0.465 e. The fourth-order valence-corrected chi connectivity index (χ4v) is 3.74. The van der Waals surface area contributed by atoms with Crippen molar-refractivity contribution in [2.45, 2.75) is 12.8 Å². The molecule has 1 heterocycles. The quantitative estimate of drug-likeness (QED) is 0.560. The lowest BCUT2D eigenvalue weighted by Gasteiger charge is -2.28. The van der Waals surface area contributed by atoms with E-state index in [9.17, 15) is 14.4 Å². The SMILES string of the molecule is COC(=O)c1ccccc1NC(=O)C[NH+]1CCC(C(=O)c2ccc(Cl)cc2)CC1. The number of quaternary nitrogens is 1. The molecule has 0 unspecified atom stereocenters. The zero-order valence-electron chi connectivity index (χ0n) is 16.2. The number of benzene rings is 2. The monoisotopic (exact) mass is 415 g/mol. The van der Waals surface area contributed by atoms with Gasteiger partial charge in [0.25, 0.3) is 5.91 Å². The van der Waals surface area contributed by atoms with Gasteiger partial charge in [-0.3, -0.25) is 9.59 Å². The van der Waals surface area contributed by atoms with Gasteiger partial charge in [0.05, 0.1) is 31.5 Å². The predicted octanol–water partition coefficient (Wildman–Crippen LogP) is 2.24. The van der Waals surface area contributed by atoms with Gasteiger partial charge in [-0.15, -0.1) is 0 Å². The molecule has 1 aliphatic heterocycles. The number of ketones is 1. The second kappa shape index (κ2) is 9.67. The number of halogens is 1. The molecule has 6 nitrogen and oxygen atoms in total. The molecule has 2 aromatic rings. The Morgan fingerprint density at radius 1 is 1.07 bits per heavy atom. The van der Waals surface area contributed by atoms with E-state index in [1.165, 1.54) is 7.11 Å². The van der Waals surface area contributed by atoms with Crippen LogP contribution in [0.3, 0.4) is 0 Å². The molecule has 152 valence electrons. The number of piperidine rings is 1.